The molecule has 3 saturated heterocycles. The number of piperidine rings is 1. The SMILES string of the molecule is COc1nsnc1C1CN2CC1CCC21OC(=O)C(=O)O1. The van der Waals surface area contributed by atoms with Crippen LogP contribution in [-0.4, -0.2) is 51.7 Å². The number of rotatable bonds is 2. The average Bonchev–Trinajstić information content (AvgIpc) is 3.13. The molecule has 0 aliphatic carbocycles. The van der Waals surface area contributed by atoms with Crippen molar-refractivity contribution in [3.05, 3.63) is 5.69 Å². The lowest BCUT2D eigenvalue weighted by Crippen LogP contribution is -2.51. The van der Waals surface area contributed by atoms with Crippen LogP contribution in [0.5, 0.6) is 5.88 Å². The molecule has 0 aromatic carbocycles. The third-order valence-electron chi connectivity index (χ3n) is 4.45. The van der Waals surface area contributed by atoms with E-state index in [0.717, 1.165) is 23.8 Å². The van der Waals surface area contributed by atoms with Crippen LogP contribution in [0.3, 0.4) is 0 Å². The molecular formula is C12H13N3O5S. The lowest BCUT2D eigenvalue weighted by Gasteiger charge is -2.37. The van der Waals surface area contributed by atoms with E-state index in [0.29, 0.717) is 31.3 Å². The maximum Gasteiger partial charge on any atom is 0.421 e. The molecule has 4 heterocycles. The molecule has 112 valence electrons. The highest BCUT2D eigenvalue weighted by Gasteiger charge is 2.59. The lowest BCUT2D eigenvalue weighted by atomic mass is 9.88. The summed E-state index contributed by atoms with van der Waals surface area (Å²) in [4.78, 5) is 24.6. The summed E-state index contributed by atoms with van der Waals surface area (Å²) in [6.45, 7) is 1.30. The van der Waals surface area contributed by atoms with Gasteiger partial charge in [-0.2, -0.15) is 4.37 Å². The van der Waals surface area contributed by atoms with Gasteiger partial charge in [0, 0.05) is 25.4 Å². The van der Waals surface area contributed by atoms with E-state index >= 15 is 0 Å². The van der Waals surface area contributed by atoms with Gasteiger partial charge in [-0.1, -0.05) is 0 Å². The number of carbonyl (C=O) groups excluding carboxylic acids is 2. The Labute approximate surface area is 124 Å². The highest BCUT2D eigenvalue weighted by atomic mass is 32.1. The minimum atomic E-state index is -1.21. The number of carbonyl (C=O) groups is 2. The molecule has 3 aliphatic rings. The minimum absolute atomic E-state index is 0.149. The first-order valence-corrected chi connectivity index (χ1v) is 7.44. The Hall–Kier alpha value is -1.74. The molecule has 3 fully saturated rings. The minimum Gasteiger partial charge on any atom is -0.479 e. The molecule has 8 nitrogen and oxygen atoms in total. The zero-order valence-corrected chi connectivity index (χ0v) is 12.1. The van der Waals surface area contributed by atoms with Gasteiger partial charge in [0.25, 0.3) is 0 Å². The van der Waals surface area contributed by atoms with Crippen LogP contribution in [0.15, 0.2) is 0 Å². The van der Waals surface area contributed by atoms with Crippen LogP contribution >= 0.6 is 11.7 Å². The molecule has 2 bridgehead atoms. The first-order valence-electron chi connectivity index (χ1n) is 6.71. The summed E-state index contributed by atoms with van der Waals surface area (Å²) in [7, 11) is 1.57. The second-order valence-corrected chi connectivity index (χ2v) is 5.99. The molecule has 9 heteroatoms. The Kier molecular flexibility index (Phi) is 2.70. The van der Waals surface area contributed by atoms with Crippen LogP contribution in [0, 0.1) is 5.92 Å². The van der Waals surface area contributed by atoms with Crippen LogP contribution < -0.4 is 4.74 Å². The fraction of sp³-hybridized carbons (Fsp3) is 0.667. The molecule has 1 aromatic heterocycles. The van der Waals surface area contributed by atoms with Gasteiger partial charge in [0.15, 0.2) is 0 Å². The number of aromatic nitrogens is 2. The molecule has 0 N–H and O–H groups in total. The van der Waals surface area contributed by atoms with Crippen molar-refractivity contribution in [3.63, 3.8) is 0 Å². The fourth-order valence-electron chi connectivity index (χ4n) is 3.46. The van der Waals surface area contributed by atoms with E-state index in [9.17, 15) is 9.59 Å². The molecule has 1 spiro atoms. The first-order chi connectivity index (χ1) is 10.1. The number of nitrogens with zero attached hydrogens (tertiary/aromatic N) is 3. The topological polar surface area (TPSA) is 90.9 Å². The number of hydrogen-bond acceptors (Lipinski definition) is 9. The molecule has 21 heavy (non-hydrogen) atoms. The van der Waals surface area contributed by atoms with Gasteiger partial charge >= 0.3 is 17.8 Å². The Bertz CT molecular complexity index is 602. The van der Waals surface area contributed by atoms with Crippen LogP contribution in [0.4, 0.5) is 0 Å². The van der Waals surface area contributed by atoms with Crippen molar-refractivity contribution in [2.24, 2.45) is 5.92 Å². The smallest absolute Gasteiger partial charge is 0.421 e. The third kappa shape index (κ3) is 1.77. The lowest BCUT2D eigenvalue weighted by molar-refractivity contribution is -0.257. The summed E-state index contributed by atoms with van der Waals surface area (Å²) in [5.74, 6) is -1.97. The molecule has 1 aromatic rings. The number of hydrogen-bond donors (Lipinski definition) is 0. The van der Waals surface area contributed by atoms with E-state index in [1.54, 1.807) is 7.11 Å². The Balaban J connectivity index is 1.62. The van der Waals surface area contributed by atoms with Gasteiger partial charge in [0.1, 0.15) is 5.69 Å². The largest absolute Gasteiger partial charge is 0.479 e. The summed E-state index contributed by atoms with van der Waals surface area (Å²) < 4.78 is 24.1. The van der Waals surface area contributed by atoms with Crippen LogP contribution in [0.25, 0.3) is 0 Å². The predicted molar refractivity (Wildman–Crippen MR) is 68.4 cm³/mol. The van der Waals surface area contributed by atoms with Crippen molar-refractivity contribution in [1.29, 1.82) is 0 Å². The maximum absolute atomic E-state index is 11.4. The van der Waals surface area contributed by atoms with E-state index in [1.165, 1.54) is 0 Å². The third-order valence-corrected chi connectivity index (χ3v) is 4.98. The van der Waals surface area contributed by atoms with Crippen molar-refractivity contribution in [2.75, 3.05) is 20.2 Å². The molecule has 4 rings (SSSR count). The summed E-state index contributed by atoms with van der Waals surface area (Å²) in [6.07, 6.45) is 1.29. The van der Waals surface area contributed by atoms with Gasteiger partial charge in [-0.15, -0.1) is 4.37 Å². The number of esters is 2. The van der Waals surface area contributed by atoms with Gasteiger partial charge in [0.2, 0.25) is 5.88 Å². The van der Waals surface area contributed by atoms with Crippen LogP contribution in [-0.2, 0) is 19.1 Å². The number of ether oxygens (including phenoxy) is 3. The monoisotopic (exact) mass is 311 g/mol. The molecule has 3 unspecified atom stereocenters. The van der Waals surface area contributed by atoms with Gasteiger partial charge in [-0.3, -0.25) is 0 Å². The van der Waals surface area contributed by atoms with Crippen molar-refractivity contribution in [1.82, 2.24) is 13.6 Å². The normalized spacial score (nSPS) is 33.1. The van der Waals surface area contributed by atoms with E-state index in [-0.39, 0.29) is 5.92 Å². The van der Waals surface area contributed by atoms with Crippen LogP contribution in [0.2, 0.25) is 0 Å². The van der Waals surface area contributed by atoms with Crippen molar-refractivity contribution < 1.29 is 23.8 Å². The van der Waals surface area contributed by atoms with Crippen molar-refractivity contribution >= 4 is 23.7 Å². The van der Waals surface area contributed by atoms with Crippen LogP contribution in [0.1, 0.15) is 24.5 Å². The summed E-state index contributed by atoms with van der Waals surface area (Å²) >= 11 is 1.12. The number of methoxy groups -OCH3 is 1. The highest BCUT2D eigenvalue weighted by Crippen LogP contribution is 2.48. The Morgan fingerprint density at radius 1 is 1.29 bits per heavy atom. The highest BCUT2D eigenvalue weighted by molar-refractivity contribution is 6.99. The molecule has 3 atom stereocenters. The Morgan fingerprint density at radius 3 is 2.76 bits per heavy atom. The predicted octanol–water partition coefficient (Wildman–Crippen LogP) is 0.110. The van der Waals surface area contributed by atoms with Gasteiger partial charge in [-0.05, 0) is 12.3 Å². The summed E-state index contributed by atoms with van der Waals surface area (Å²) in [5.41, 5.74) is 0.836. The molecule has 3 aliphatic heterocycles. The summed E-state index contributed by atoms with van der Waals surface area (Å²) in [6, 6.07) is 0. The molecule has 0 radical (unpaired) electrons. The van der Waals surface area contributed by atoms with E-state index in [1.807, 2.05) is 4.90 Å². The van der Waals surface area contributed by atoms with E-state index in [2.05, 4.69) is 8.75 Å². The Morgan fingerprint density at radius 2 is 2.05 bits per heavy atom. The summed E-state index contributed by atoms with van der Waals surface area (Å²) in [5, 5.41) is 0. The van der Waals surface area contributed by atoms with Gasteiger partial charge in [-0.25, -0.2) is 14.5 Å². The van der Waals surface area contributed by atoms with Gasteiger partial charge in [0.05, 0.1) is 18.8 Å². The van der Waals surface area contributed by atoms with Crippen molar-refractivity contribution in [3.8, 4) is 5.88 Å². The van der Waals surface area contributed by atoms with E-state index in [4.69, 9.17) is 14.2 Å². The fourth-order valence-corrected chi connectivity index (χ4v) is 4.04. The molecule has 0 saturated carbocycles. The van der Waals surface area contributed by atoms with Gasteiger partial charge < -0.3 is 14.2 Å². The zero-order valence-electron chi connectivity index (χ0n) is 11.3. The van der Waals surface area contributed by atoms with Crippen molar-refractivity contribution in [2.45, 2.75) is 24.7 Å². The second kappa shape index (κ2) is 4.38. The second-order valence-electron chi connectivity index (χ2n) is 5.46. The average molecular weight is 311 g/mol. The first kappa shape index (κ1) is 13.0. The molecule has 0 amide bonds. The quantitative estimate of drug-likeness (QED) is 0.561. The van der Waals surface area contributed by atoms with E-state index < -0.39 is 17.8 Å². The standard InChI is InChI=1S/C12H13N3O5S/c1-18-9-8(13-21-14-9)7-5-15-4-6(7)2-3-12(15)19-10(16)11(17)20-12/h6-7H,2-5H2,1H3. The molecular weight excluding hydrogens is 298 g/mol. The maximum atomic E-state index is 11.4. The zero-order chi connectivity index (χ0) is 14.6. The number of fused-ring (bicyclic) bond motifs is 3.